The lowest BCUT2D eigenvalue weighted by atomic mass is 10.2. The van der Waals surface area contributed by atoms with Gasteiger partial charge in [-0.1, -0.05) is 17.7 Å². The van der Waals surface area contributed by atoms with Crippen LogP contribution in [0.25, 0.3) is 0 Å². The average molecular weight is 508 g/mol. The molecule has 0 aliphatic heterocycles. The van der Waals surface area contributed by atoms with Crippen LogP contribution in [0, 0.1) is 6.92 Å². The second-order valence-electron chi connectivity index (χ2n) is 6.78. The molecule has 0 fully saturated rings. The Morgan fingerprint density at radius 3 is 1.79 bits per heavy atom. The van der Waals surface area contributed by atoms with Crippen molar-refractivity contribution < 1.29 is 51.0 Å². The molecular formula is C21H33NO11S. The maximum Gasteiger partial charge on any atom is 0.329 e. The van der Waals surface area contributed by atoms with E-state index >= 15 is 0 Å². The predicted molar refractivity (Wildman–Crippen MR) is 119 cm³/mol. The molecule has 0 spiro atoms. The Morgan fingerprint density at radius 2 is 1.26 bits per heavy atom. The van der Waals surface area contributed by atoms with Gasteiger partial charge >= 0.3 is 5.97 Å². The summed E-state index contributed by atoms with van der Waals surface area (Å²) in [6, 6.07) is 6.40. The van der Waals surface area contributed by atoms with Crippen LogP contribution in [-0.4, -0.2) is 105 Å². The zero-order chi connectivity index (χ0) is 25.1. The van der Waals surface area contributed by atoms with E-state index in [-0.39, 0.29) is 37.9 Å². The van der Waals surface area contributed by atoms with E-state index in [0.29, 0.717) is 39.6 Å². The number of aliphatic carboxylic acids is 1. The molecule has 0 saturated heterocycles. The van der Waals surface area contributed by atoms with Gasteiger partial charge < -0.3 is 34.1 Å². The van der Waals surface area contributed by atoms with Gasteiger partial charge in [-0.2, -0.15) is 8.42 Å². The quantitative estimate of drug-likeness (QED) is 0.170. The fraction of sp³-hybridized carbons (Fsp3) is 0.619. The lowest BCUT2D eigenvalue weighted by Gasteiger charge is -2.09. The highest BCUT2D eigenvalue weighted by molar-refractivity contribution is 7.86. The topological polar surface area (TPSA) is 156 Å². The van der Waals surface area contributed by atoms with Crippen molar-refractivity contribution in [3.05, 3.63) is 29.8 Å². The summed E-state index contributed by atoms with van der Waals surface area (Å²) in [6.07, 6.45) is 0. The third kappa shape index (κ3) is 15.7. The summed E-state index contributed by atoms with van der Waals surface area (Å²) in [5.74, 6) is -1.55. The molecule has 1 amide bonds. The number of carbonyl (C=O) groups is 2. The molecule has 1 aromatic carbocycles. The molecule has 194 valence electrons. The fourth-order valence-corrected chi connectivity index (χ4v) is 3.18. The predicted octanol–water partition coefficient (Wildman–Crippen LogP) is -0.0159. The van der Waals surface area contributed by atoms with Crippen LogP contribution in [-0.2, 0) is 47.6 Å². The monoisotopic (exact) mass is 507 g/mol. The van der Waals surface area contributed by atoms with Crippen molar-refractivity contribution in [3.8, 4) is 0 Å². The number of rotatable bonds is 21. The third-order valence-corrected chi connectivity index (χ3v) is 5.25. The maximum absolute atomic E-state index is 12.0. The van der Waals surface area contributed by atoms with Crippen molar-refractivity contribution in [2.45, 2.75) is 11.8 Å². The van der Waals surface area contributed by atoms with Gasteiger partial charge in [0, 0.05) is 6.54 Å². The molecular weight excluding hydrogens is 474 g/mol. The summed E-state index contributed by atoms with van der Waals surface area (Å²) >= 11 is 0. The molecule has 0 heterocycles. The van der Waals surface area contributed by atoms with Crippen LogP contribution in [0.1, 0.15) is 5.56 Å². The van der Waals surface area contributed by atoms with Crippen molar-refractivity contribution in [2.24, 2.45) is 0 Å². The van der Waals surface area contributed by atoms with E-state index in [4.69, 9.17) is 28.2 Å². The third-order valence-electron chi connectivity index (χ3n) is 3.92. The molecule has 0 bridgehead atoms. The molecule has 0 aliphatic carbocycles. The van der Waals surface area contributed by atoms with Crippen LogP contribution < -0.4 is 5.32 Å². The number of carbonyl (C=O) groups excluding carboxylic acids is 1. The van der Waals surface area contributed by atoms with E-state index in [1.807, 2.05) is 6.92 Å². The molecule has 2 N–H and O–H groups in total. The second kappa shape index (κ2) is 18.2. The Balaban J connectivity index is 1.84. The summed E-state index contributed by atoms with van der Waals surface area (Å²) in [5, 5.41) is 10.9. The van der Waals surface area contributed by atoms with Crippen molar-refractivity contribution in [1.29, 1.82) is 0 Å². The molecule has 0 unspecified atom stereocenters. The normalized spacial score (nSPS) is 11.4. The number of benzene rings is 1. The lowest BCUT2D eigenvalue weighted by molar-refractivity contribution is -0.143. The summed E-state index contributed by atoms with van der Waals surface area (Å²) in [4.78, 5) is 21.6. The Bertz CT molecular complexity index is 799. The van der Waals surface area contributed by atoms with Crippen molar-refractivity contribution in [1.82, 2.24) is 5.32 Å². The zero-order valence-corrected chi connectivity index (χ0v) is 20.0. The van der Waals surface area contributed by atoms with Crippen LogP contribution in [0.4, 0.5) is 0 Å². The first-order chi connectivity index (χ1) is 16.3. The van der Waals surface area contributed by atoms with Crippen molar-refractivity contribution >= 4 is 22.0 Å². The number of hydrogen-bond acceptors (Lipinski definition) is 10. The van der Waals surface area contributed by atoms with E-state index in [2.05, 4.69) is 10.1 Å². The second-order valence-corrected chi connectivity index (χ2v) is 8.39. The fourth-order valence-electron chi connectivity index (χ4n) is 2.28. The Kier molecular flexibility index (Phi) is 16.0. The largest absolute Gasteiger partial charge is 0.480 e. The van der Waals surface area contributed by atoms with Crippen LogP contribution in [0.3, 0.4) is 0 Å². The van der Waals surface area contributed by atoms with E-state index in [0.717, 1.165) is 5.56 Å². The lowest BCUT2D eigenvalue weighted by Crippen LogP contribution is -2.31. The summed E-state index contributed by atoms with van der Waals surface area (Å²) < 4.78 is 54.8. The minimum Gasteiger partial charge on any atom is -0.480 e. The van der Waals surface area contributed by atoms with Gasteiger partial charge in [0.15, 0.2) is 0 Å². The minimum atomic E-state index is -3.78. The van der Waals surface area contributed by atoms with Gasteiger partial charge in [-0.25, -0.2) is 4.79 Å². The van der Waals surface area contributed by atoms with Crippen LogP contribution in [0.5, 0.6) is 0 Å². The molecule has 0 aromatic heterocycles. The molecule has 12 nitrogen and oxygen atoms in total. The molecule has 13 heteroatoms. The van der Waals surface area contributed by atoms with Gasteiger partial charge in [-0.3, -0.25) is 8.98 Å². The van der Waals surface area contributed by atoms with Gasteiger partial charge in [-0.15, -0.1) is 0 Å². The van der Waals surface area contributed by atoms with Crippen molar-refractivity contribution in [3.63, 3.8) is 0 Å². The number of carboxylic acid groups (broad SMARTS) is 1. The maximum atomic E-state index is 12.0. The van der Waals surface area contributed by atoms with Gasteiger partial charge in [0.1, 0.15) is 13.2 Å². The van der Waals surface area contributed by atoms with E-state index in [1.54, 1.807) is 12.1 Å². The molecule has 0 saturated carbocycles. The summed E-state index contributed by atoms with van der Waals surface area (Å²) in [7, 11) is -3.78. The minimum absolute atomic E-state index is 0.0818. The first kappa shape index (κ1) is 29.9. The molecule has 1 rings (SSSR count). The highest BCUT2D eigenvalue weighted by Gasteiger charge is 2.14. The number of carboxylic acids is 1. The molecule has 0 aliphatic rings. The van der Waals surface area contributed by atoms with Gasteiger partial charge in [0.25, 0.3) is 10.1 Å². The highest BCUT2D eigenvalue weighted by atomic mass is 32.2. The van der Waals surface area contributed by atoms with Gasteiger partial charge in [0.2, 0.25) is 5.91 Å². The van der Waals surface area contributed by atoms with Crippen LogP contribution in [0.15, 0.2) is 29.2 Å². The standard InChI is InChI=1S/C21H33NO11S/c1-18-2-4-19(5-3-18)34(26,27)33-15-14-31-13-12-30-11-10-29-9-8-28-7-6-22-20(23)16-32-17-21(24)25/h2-5H,6-17H2,1H3,(H,22,23)(H,24,25). The van der Waals surface area contributed by atoms with Gasteiger partial charge in [0.05, 0.1) is 64.4 Å². The molecule has 0 atom stereocenters. The SMILES string of the molecule is Cc1ccc(S(=O)(=O)OCCOCCOCCOCCOCCNC(=O)COCC(=O)O)cc1. The molecule has 34 heavy (non-hydrogen) atoms. The molecule has 0 radical (unpaired) electrons. The Labute approximate surface area is 199 Å². The Hall–Kier alpha value is -2.13. The van der Waals surface area contributed by atoms with Crippen LogP contribution >= 0.6 is 0 Å². The first-order valence-electron chi connectivity index (χ1n) is 10.6. The average Bonchev–Trinajstić information content (AvgIpc) is 2.78. The number of ether oxygens (including phenoxy) is 5. The number of nitrogens with one attached hydrogen (secondary N) is 1. The number of aryl methyl sites for hydroxylation is 1. The van der Waals surface area contributed by atoms with Crippen LogP contribution in [0.2, 0.25) is 0 Å². The van der Waals surface area contributed by atoms with E-state index < -0.39 is 28.6 Å². The van der Waals surface area contributed by atoms with E-state index in [1.165, 1.54) is 12.1 Å². The molecule has 1 aromatic rings. The first-order valence-corrected chi connectivity index (χ1v) is 12.1. The zero-order valence-electron chi connectivity index (χ0n) is 19.2. The van der Waals surface area contributed by atoms with E-state index in [9.17, 15) is 18.0 Å². The Morgan fingerprint density at radius 1 is 0.765 bits per heavy atom. The summed E-state index contributed by atoms with van der Waals surface area (Å²) in [6.45, 7) is 3.73. The van der Waals surface area contributed by atoms with Crippen molar-refractivity contribution in [2.75, 3.05) is 79.2 Å². The highest BCUT2D eigenvalue weighted by Crippen LogP contribution is 2.12. The summed E-state index contributed by atoms with van der Waals surface area (Å²) in [5.41, 5.74) is 0.961. The van der Waals surface area contributed by atoms with Gasteiger partial charge in [-0.05, 0) is 19.1 Å². The number of hydrogen-bond donors (Lipinski definition) is 2. The number of amides is 1. The smallest absolute Gasteiger partial charge is 0.329 e.